The number of hydrogen-bond donors (Lipinski definition) is 1. The van der Waals surface area contributed by atoms with E-state index in [1.807, 2.05) is 11.8 Å². The van der Waals surface area contributed by atoms with Gasteiger partial charge in [-0.15, -0.1) is 0 Å². The summed E-state index contributed by atoms with van der Waals surface area (Å²) in [5, 5.41) is 3.37. The second kappa shape index (κ2) is 3.89. The summed E-state index contributed by atoms with van der Waals surface area (Å²) in [6.45, 7) is 10.3. The number of carbonyl (C=O) groups excluding carboxylic acids is 1. The summed E-state index contributed by atoms with van der Waals surface area (Å²) in [5.41, 5.74) is -0.344. The molecule has 3 atom stereocenters. The van der Waals surface area contributed by atoms with E-state index in [1.165, 1.54) is 0 Å². The molecule has 1 aliphatic heterocycles. The Balaban J connectivity index is 2.85. The highest BCUT2D eigenvalue weighted by Gasteiger charge is 2.46. The van der Waals surface area contributed by atoms with Gasteiger partial charge in [0.2, 0.25) is 5.91 Å². The molecule has 14 heavy (non-hydrogen) atoms. The van der Waals surface area contributed by atoms with Crippen LogP contribution in [-0.4, -0.2) is 28.6 Å². The SMILES string of the molecule is CCC(C)N1C(=O)C(C)(CC)NC1C. The lowest BCUT2D eigenvalue weighted by Crippen LogP contribution is -2.44. The summed E-state index contributed by atoms with van der Waals surface area (Å²) in [4.78, 5) is 14.1. The molecule has 82 valence electrons. The molecule has 1 aliphatic rings. The molecule has 0 spiro atoms. The number of nitrogens with zero attached hydrogens (tertiary/aromatic N) is 1. The molecule has 3 unspecified atom stereocenters. The van der Waals surface area contributed by atoms with Crippen LogP contribution in [0.25, 0.3) is 0 Å². The predicted molar refractivity (Wildman–Crippen MR) is 57.9 cm³/mol. The molecule has 0 radical (unpaired) electrons. The molecular weight excluding hydrogens is 176 g/mol. The van der Waals surface area contributed by atoms with Crippen molar-refractivity contribution < 1.29 is 4.79 Å². The molecule has 0 aromatic carbocycles. The second-order valence-electron chi connectivity index (χ2n) is 4.48. The van der Waals surface area contributed by atoms with Gasteiger partial charge in [0.25, 0.3) is 0 Å². The van der Waals surface area contributed by atoms with Crippen molar-refractivity contribution in [3.63, 3.8) is 0 Å². The van der Waals surface area contributed by atoms with Gasteiger partial charge in [-0.1, -0.05) is 13.8 Å². The Morgan fingerprint density at radius 3 is 2.50 bits per heavy atom. The molecule has 0 aromatic heterocycles. The molecule has 1 heterocycles. The number of carbonyl (C=O) groups is 1. The van der Waals surface area contributed by atoms with Crippen molar-refractivity contribution in [2.75, 3.05) is 0 Å². The maximum Gasteiger partial charge on any atom is 0.244 e. The van der Waals surface area contributed by atoms with Gasteiger partial charge in [0.15, 0.2) is 0 Å². The van der Waals surface area contributed by atoms with Gasteiger partial charge in [-0.2, -0.15) is 0 Å². The Hall–Kier alpha value is -0.570. The van der Waals surface area contributed by atoms with Gasteiger partial charge in [0.05, 0.1) is 11.7 Å². The molecule has 3 nitrogen and oxygen atoms in total. The van der Waals surface area contributed by atoms with Crippen LogP contribution in [0.3, 0.4) is 0 Å². The molecule has 1 N–H and O–H groups in total. The third-order valence-electron chi connectivity index (χ3n) is 3.42. The quantitative estimate of drug-likeness (QED) is 0.749. The fourth-order valence-corrected chi connectivity index (χ4v) is 2.09. The lowest BCUT2D eigenvalue weighted by atomic mass is 9.99. The van der Waals surface area contributed by atoms with E-state index in [0.717, 1.165) is 12.8 Å². The zero-order valence-corrected chi connectivity index (χ0v) is 9.92. The summed E-state index contributed by atoms with van der Waals surface area (Å²) in [6.07, 6.45) is 2.03. The Kier molecular flexibility index (Phi) is 3.20. The van der Waals surface area contributed by atoms with Crippen LogP contribution in [0, 0.1) is 0 Å². The van der Waals surface area contributed by atoms with Crippen LogP contribution in [0.5, 0.6) is 0 Å². The first-order chi connectivity index (χ1) is 6.46. The van der Waals surface area contributed by atoms with Gasteiger partial charge in [-0.3, -0.25) is 10.1 Å². The Labute approximate surface area is 86.9 Å². The highest BCUT2D eigenvalue weighted by Crippen LogP contribution is 2.25. The second-order valence-corrected chi connectivity index (χ2v) is 4.48. The average Bonchev–Trinajstić information content (AvgIpc) is 2.38. The van der Waals surface area contributed by atoms with E-state index in [4.69, 9.17) is 0 Å². The smallest absolute Gasteiger partial charge is 0.244 e. The number of amides is 1. The van der Waals surface area contributed by atoms with Crippen LogP contribution in [0.2, 0.25) is 0 Å². The van der Waals surface area contributed by atoms with Crippen LogP contribution in [-0.2, 0) is 4.79 Å². The van der Waals surface area contributed by atoms with Crippen molar-refractivity contribution in [1.29, 1.82) is 0 Å². The summed E-state index contributed by atoms with van der Waals surface area (Å²) >= 11 is 0. The summed E-state index contributed by atoms with van der Waals surface area (Å²) in [5.74, 6) is 0.252. The highest BCUT2D eigenvalue weighted by atomic mass is 16.2. The average molecular weight is 198 g/mol. The van der Waals surface area contributed by atoms with Crippen molar-refractivity contribution in [3.8, 4) is 0 Å². The number of nitrogens with one attached hydrogen (secondary N) is 1. The van der Waals surface area contributed by atoms with Crippen molar-refractivity contribution >= 4 is 5.91 Å². The molecule has 0 bridgehead atoms. The molecule has 1 amide bonds. The maximum atomic E-state index is 12.1. The van der Waals surface area contributed by atoms with E-state index in [-0.39, 0.29) is 17.6 Å². The Morgan fingerprint density at radius 1 is 1.57 bits per heavy atom. The highest BCUT2D eigenvalue weighted by molar-refractivity contribution is 5.88. The van der Waals surface area contributed by atoms with Crippen molar-refractivity contribution in [1.82, 2.24) is 10.2 Å². The first-order valence-corrected chi connectivity index (χ1v) is 5.56. The molecule has 0 aromatic rings. The van der Waals surface area contributed by atoms with E-state index < -0.39 is 0 Å². The zero-order chi connectivity index (χ0) is 10.9. The van der Waals surface area contributed by atoms with Gasteiger partial charge in [0, 0.05) is 6.04 Å². The minimum absolute atomic E-state index is 0.169. The van der Waals surface area contributed by atoms with Crippen LogP contribution in [0.1, 0.15) is 47.5 Å². The summed E-state index contributed by atoms with van der Waals surface area (Å²) in [6, 6.07) is 0.332. The number of hydrogen-bond acceptors (Lipinski definition) is 2. The van der Waals surface area contributed by atoms with Gasteiger partial charge in [-0.25, -0.2) is 0 Å². The molecule has 1 fully saturated rings. The molecule has 1 saturated heterocycles. The standard InChI is InChI=1S/C11H22N2O/c1-6-8(3)13-9(4)12-11(5,7-2)10(13)14/h8-9,12H,6-7H2,1-5H3. The molecule has 1 rings (SSSR count). The first-order valence-electron chi connectivity index (χ1n) is 5.56. The Bertz CT molecular complexity index is 229. The van der Waals surface area contributed by atoms with Crippen molar-refractivity contribution in [3.05, 3.63) is 0 Å². The minimum atomic E-state index is -0.344. The fourth-order valence-electron chi connectivity index (χ4n) is 2.09. The molecular formula is C11H22N2O. The van der Waals surface area contributed by atoms with Gasteiger partial charge >= 0.3 is 0 Å². The monoisotopic (exact) mass is 198 g/mol. The largest absolute Gasteiger partial charge is 0.323 e. The molecule has 0 saturated carbocycles. The van der Waals surface area contributed by atoms with Crippen molar-refractivity contribution in [2.24, 2.45) is 0 Å². The van der Waals surface area contributed by atoms with E-state index >= 15 is 0 Å². The molecule has 0 aliphatic carbocycles. The van der Waals surface area contributed by atoms with E-state index in [0.29, 0.717) is 6.04 Å². The normalized spacial score (nSPS) is 35.1. The third-order valence-corrected chi connectivity index (χ3v) is 3.42. The lowest BCUT2D eigenvalue weighted by molar-refractivity contribution is -0.134. The number of rotatable bonds is 3. The Morgan fingerprint density at radius 2 is 2.14 bits per heavy atom. The van der Waals surface area contributed by atoms with Crippen LogP contribution < -0.4 is 5.32 Å². The zero-order valence-electron chi connectivity index (χ0n) is 9.92. The van der Waals surface area contributed by atoms with Crippen molar-refractivity contribution in [2.45, 2.75) is 65.2 Å². The third kappa shape index (κ3) is 1.65. The van der Waals surface area contributed by atoms with E-state index in [1.54, 1.807) is 0 Å². The first kappa shape index (κ1) is 11.5. The van der Waals surface area contributed by atoms with Gasteiger partial charge in [0.1, 0.15) is 0 Å². The fraction of sp³-hybridized carbons (Fsp3) is 0.909. The van der Waals surface area contributed by atoms with Gasteiger partial charge < -0.3 is 4.90 Å². The summed E-state index contributed by atoms with van der Waals surface area (Å²) in [7, 11) is 0. The molecule has 3 heteroatoms. The minimum Gasteiger partial charge on any atom is -0.323 e. The van der Waals surface area contributed by atoms with Crippen LogP contribution in [0.15, 0.2) is 0 Å². The van der Waals surface area contributed by atoms with E-state index in [2.05, 4.69) is 33.0 Å². The van der Waals surface area contributed by atoms with E-state index in [9.17, 15) is 4.79 Å². The van der Waals surface area contributed by atoms with Crippen LogP contribution in [0.4, 0.5) is 0 Å². The lowest BCUT2D eigenvalue weighted by Gasteiger charge is -2.27. The topological polar surface area (TPSA) is 32.3 Å². The maximum absolute atomic E-state index is 12.1. The van der Waals surface area contributed by atoms with Crippen LogP contribution >= 0.6 is 0 Å². The summed E-state index contributed by atoms with van der Waals surface area (Å²) < 4.78 is 0. The van der Waals surface area contributed by atoms with Gasteiger partial charge in [-0.05, 0) is 33.6 Å². The predicted octanol–water partition coefficient (Wildman–Crippen LogP) is 1.73.